The lowest BCUT2D eigenvalue weighted by atomic mass is 10.2. The van der Waals surface area contributed by atoms with E-state index in [-0.39, 0.29) is 17.7 Å². The maximum absolute atomic E-state index is 12.4. The van der Waals surface area contributed by atoms with Crippen LogP contribution in [0.1, 0.15) is 11.1 Å². The summed E-state index contributed by atoms with van der Waals surface area (Å²) in [6.07, 6.45) is 1.75. The molecule has 0 radical (unpaired) electrons. The molecule has 0 N–H and O–H groups in total. The second kappa shape index (κ2) is 6.50. The Kier molecular flexibility index (Phi) is 4.45. The second-order valence-corrected chi connectivity index (χ2v) is 6.62. The summed E-state index contributed by atoms with van der Waals surface area (Å²) in [6.45, 7) is 0.276. The van der Waals surface area contributed by atoms with Crippen molar-refractivity contribution in [2.45, 2.75) is 6.54 Å². The average Bonchev–Trinajstić information content (AvgIpc) is 2.78. The SMILES string of the molecule is O=C1S/C(=C/c2ccccc2)C(=O)N1Cc1ccccc1Br. The molecule has 3 rings (SSSR count). The Hall–Kier alpha value is -1.85. The van der Waals surface area contributed by atoms with Crippen LogP contribution in [0.5, 0.6) is 0 Å². The highest BCUT2D eigenvalue weighted by Gasteiger charge is 2.35. The smallest absolute Gasteiger partial charge is 0.268 e. The summed E-state index contributed by atoms with van der Waals surface area (Å²) in [5.74, 6) is -0.241. The molecule has 0 aromatic heterocycles. The maximum atomic E-state index is 12.4. The van der Waals surface area contributed by atoms with Gasteiger partial charge in [0.1, 0.15) is 0 Å². The number of benzene rings is 2. The molecule has 1 fully saturated rings. The fourth-order valence-corrected chi connectivity index (χ4v) is 3.38. The van der Waals surface area contributed by atoms with Crippen LogP contribution in [0.25, 0.3) is 6.08 Å². The first kappa shape index (κ1) is 15.1. The predicted molar refractivity (Wildman–Crippen MR) is 92.1 cm³/mol. The van der Waals surface area contributed by atoms with E-state index in [1.165, 1.54) is 4.90 Å². The van der Waals surface area contributed by atoms with E-state index in [4.69, 9.17) is 0 Å². The van der Waals surface area contributed by atoms with E-state index in [0.717, 1.165) is 27.4 Å². The van der Waals surface area contributed by atoms with Crippen molar-refractivity contribution in [3.05, 3.63) is 75.1 Å². The third-order valence-electron chi connectivity index (χ3n) is 3.26. The second-order valence-electron chi connectivity index (χ2n) is 4.77. The van der Waals surface area contributed by atoms with Crippen molar-refractivity contribution in [3.63, 3.8) is 0 Å². The first-order chi connectivity index (χ1) is 10.6. The minimum atomic E-state index is -0.241. The van der Waals surface area contributed by atoms with E-state index < -0.39 is 0 Å². The molecule has 22 heavy (non-hydrogen) atoms. The van der Waals surface area contributed by atoms with Crippen molar-refractivity contribution >= 4 is 44.9 Å². The van der Waals surface area contributed by atoms with Gasteiger partial charge in [-0.2, -0.15) is 0 Å². The zero-order valence-corrected chi connectivity index (χ0v) is 13.9. The largest absolute Gasteiger partial charge is 0.293 e. The van der Waals surface area contributed by atoms with Crippen molar-refractivity contribution in [3.8, 4) is 0 Å². The highest BCUT2D eigenvalue weighted by Crippen LogP contribution is 2.34. The number of thioether (sulfide) groups is 1. The van der Waals surface area contributed by atoms with Gasteiger partial charge >= 0.3 is 0 Å². The number of carbonyl (C=O) groups is 2. The van der Waals surface area contributed by atoms with Crippen molar-refractivity contribution < 1.29 is 9.59 Å². The fraction of sp³-hybridized carbons (Fsp3) is 0.0588. The Bertz CT molecular complexity index is 758. The van der Waals surface area contributed by atoms with Gasteiger partial charge in [0.25, 0.3) is 11.1 Å². The Labute approximate surface area is 141 Å². The Morgan fingerprint density at radius 1 is 1.00 bits per heavy atom. The number of nitrogens with zero attached hydrogens (tertiary/aromatic N) is 1. The highest BCUT2D eigenvalue weighted by molar-refractivity contribution is 9.10. The molecule has 1 aliphatic rings. The molecule has 0 atom stereocenters. The van der Waals surface area contributed by atoms with Gasteiger partial charge in [0.2, 0.25) is 0 Å². The minimum Gasteiger partial charge on any atom is -0.268 e. The van der Waals surface area contributed by atoms with E-state index in [9.17, 15) is 9.59 Å². The molecule has 2 aromatic carbocycles. The lowest BCUT2D eigenvalue weighted by molar-refractivity contribution is -0.123. The molecule has 1 aliphatic heterocycles. The molecule has 0 spiro atoms. The number of rotatable bonds is 3. The zero-order valence-electron chi connectivity index (χ0n) is 11.5. The summed E-state index contributed by atoms with van der Waals surface area (Å²) in [5.41, 5.74) is 1.82. The van der Waals surface area contributed by atoms with Gasteiger partial charge in [-0.3, -0.25) is 14.5 Å². The van der Waals surface area contributed by atoms with Crippen LogP contribution in [0.15, 0.2) is 64.0 Å². The molecular weight excluding hydrogens is 362 g/mol. The number of hydrogen-bond donors (Lipinski definition) is 0. The zero-order chi connectivity index (χ0) is 15.5. The first-order valence-corrected chi connectivity index (χ1v) is 8.30. The summed E-state index contributed by atoms with van der Waals surface area (Å²) in [5, 5.41) is -0.233. The molecule has 0 aliphatic carbocycles. The van der Waals surface area contributed by atoms with E-state index in [0.29, 0.717) is 4.91 Å². The number of hydrogen-bond acceptors (Lipinski definition) is 3. The molecule has 1 heterocycles. The fourth-order valence-electron chi connectivity index (χ4n) is 2.13. The lowest BCUT2D eigenvalue weighted by Crippen LogP contribution is -2.27. The summed E-state index contributed by atoms with van der Waals surface area (Å²) in [7, 11) is 0. The minimum absolute atomic E-state index is 0.233. The van der Waals surface area contributed by atoms with Gasteiger partial charge in [0, 0.05) is 4.47 Å². The van der Waals surface area contributed by atoms with Crippen LogP contribution in [0.4, 0.5) is 4.79 Å². The molecule has 5 heteroatoms. The predicted octanol–water partition coefficient (Wildman–Crippen LogP) is 4.69. The summed E-state index contributed by atoms with van der Waals surface area (Å²) in [4.78, 5) is 26.3. The van der Waals surface area contributed by atoms with Crippen molar-refractivity contribution in [1.29, 1.82) is 0 Å². The quantitative estimate of drug-likeness (QED) is 0.732. The Morgan fingerprint density at radius 2 is 1.68 bits per heavy atom. The topological polar surface area (TPSA) is 37.4 Å². The molecule has 0 bridgehead atoms. The third-order valence-corrected chi connectivity index (χ3v) is 4.94. The van der Waals surface area contributed by atoms with Crippen LogP contribution >= 0.6 is 27.7 Å². The Morgan fingerprint density at radius 3 is 2.41 bits per heavy atom. The molecule has 2 amide bonds. The third kappa shape index (κ3) is 3.15. The maximum Gasteiger partial charge on any atom is 0.293 e. The Balaban J connectivity index is 1.83. The molecule has 1 saturated heterocycles. The number of amides is 2. The lowest BCUT2D eigenvalue weighted by Gasteiger charge is -2.13. The number of carbonyl (C=O) groups excluding carboxylic acids is 2. The monoisotopic (exact) mass is 373 g/mol. The van der Waals surface area contributed by atoms with Crippen molar-refractivity contribution in [1.82, 2.24) is 4.90 Å². The highest BCUT2D eigenvalue weighted by atomic mass is 79.9. The number of halogens is 1. The molecular formula is C17H12BrNO2S. The first-order valence-electron chi connectivity index (χ1n) is 6.69. The summed E-state index contributed by atoms with van der Waals surface area (Å²) in [6, 6.07) is 17.1. The standard InChI is InChI=1S/C17H12BrNO2S/c18-14-9-5-4-8-13(14)11-19-16(20)15(22-17(19)21)10-12-6-2-1-3-7-12/h1-10H,11H2/b15-10+. The van der Waals surface area contributed by atoms with Gasteiger partial charge in [-0.05, 0) is 35.0 Å². The molecule has 0 unspecified atom stereocenters. The van der Waals surface area contributed by atoms with Crippen LogP contribution in [0.2, 0.25) is 0 Å². The van der Waals surface area contributed by atoms with Crippen LogP contribution in [0.3, 0.4) is 0 Å². The van der Waals surface area contributed by atoms with Gasteiger partial charge in [0.05, 0.1) is 11.4 Å². The van der Waals surface area contributed by atoms with Crippen LogP contribution in [-0.2, 0) is 11.3 Å². The van der Waals surface area contributed by atoms with Crippen molar-refractivity contribution in [2.24, 2.45) is 0 Å². The van der Waals surface area contributed by atoms with E-state index in [1.807, 2.05) is 54.6 Å². The number of imide groups is 1. The van der Waals surface area contributed by atoms with Gasteiger partial charge in [-0.15, -0.1) is 0 Å². The van der Waals surface area contributed by atoms with Gasteiger partial charge in [-0.25, -0.2) is 0 Å². The van der Waals surface area contributed by atoms with Crippen LogP contribution in [0, 0.1) is 0 Å². The normalized spacial score (nSPS) is 16.6. The van der Waals surface area contributed by atoms with Gasteiger partial charge < -0.3 is 0 Å². The van der Waals surface area contributed by atoms with Gasteiger partial charge in [-0.1, -0.05) is 64.5 Å². The molecule has 3 nitrogen and oxygen atoms in total. The van der Waals surface area contributed by atoms with E-state index >= 15 is 0 Å². The van der Waals surface area contributed by atoms with E-state index in [2.05, 4.69) is 15.9 Å². The van der Waals surface area contributed by atoms with Crippen molar-refractivity contribution in [2.75, 3.05) is 0 Å². The average molecular weight is 374 g/mol. The van der Waals surface area contributed by atoms with E-state index in [1.54, 1.807) is 6.08 Å². The summed E-state index contributed by atoms with van der Waals surface area (Å²) < 4.78 is 0.890. The van der Waals surface area contributed by atoms with Crippen LogP contribution in [-0.4, -0.2) is 16.0 Å². The van der Waals surface area contributed by atoms with Gasteiger partial charge in [0.15, 0.2) is 0 Å². The molecule has 0 saturated carbocycles. The van der Waals surface area contributed by atoms with Crippen LogP contribution < -0.4 is 0 Å². The summed E-state index contributed by atoms with van der Waals surface area (Å²) >= 11 is 4.43. The molecule has 110 valence electrons. The molecule has 2 aromatic rings.